The lowest BCUT2D eigenvalue weighted by molar-refractivity contribution is 0.293. The molecule has 1 aromatic carbocycles. The summed E-state index contributed by atoms with van der Waals surface area (Å²) in [6.45, 7) is 3.41. The van der Waals surface area contributed by atoms with Crippen molar-refractivity contribution in [3.05, 3.63) is 47.1 Å². The molecule has 3 rings (SSSR count). The van der Waals surface area contributed by atoms with Crippen LogP contribution in [0.1, 0.15) is 32.6 Å². The van der Waals surface area contributed by atoms with E-state index in [1.165, 1.54) is 25.7 Å². The third-order valence-corrected chi connectivity index (χ3v) is 4.43. The first kappa shape index (κ1) is 14.0. The molecule has 1 heterocycles. The van der Waals surface area contributed by atoms with Crippen molar-refractivity contribution in [2.45, 2.75) is 32.6 Å². The Bertz CT molecular complexity index is 626. The summed E-state index contributed by atoms with van der Waals surface area (Å²) in [5.74, 6) is 1.66. The maximum Gasteiger partial charge on any atom is 0.330 e. The first-order chi connectivity index (χ1) is 10.2. The van der Waals surface area contributed by atoms with E-state index in [1.54, 1.807) is 17.0 Å². The molecule has 0 radical (unpaired) electrons. The maximum absolute atomic E-state index is 11.6. The van der Waals surface area contributed by atoms with Crippen LogP contribution in [-0.2, 0) is 0 Å². The van der Waals surface area contributed by atoms with Crippen molar-refractivity contribution in [1.29, 1.82) is 0 Å². The van der Waals surface area contributed by atoms with Crippen LogP contribution >= 0.6 is 0 Å². The van der Waals surface area contributed by atoms with Gasteiger partial charge >= 0.3 is 5.69 Å². The van der Waals surface area contributed by atoms with Gasteiger partial charge in [0.1, 0.15) is 0 Å². The zero-order valence-corrected chi connectivity index (χ0v) is 12.5. The quantitative estimate of drug-likeness (QED) is 0.904. The normalized spacial score (nSPS) is 22.1. The Morgan fingerprint density at radius 1 is 1.29 bits per heavy atom. The molecule has 1 aliphatic carbocycles. The zero-order chi connectivity index (χ0) is 14.7. The number of aromatic amines is 1. The van der Waals surface area contributed by atoms with Crippen molar-refractivity contribution in [3.63, 3.8) is 0 Å². The van der Waals surface area contributed by atoms with Gasteiger partial charge in [-0.3, -0.25) is 4.57 Å². The summed E-state index contributed by atoms with van der Waals surface area (Å²) in [5, 5.41) is 3.53. The average Bonchev–Trinajstić information content (AvgIpc) is 2.92. The smallest absolute Gasteiger partial charge is 0.330 e. The summed E-state index contributed by atoms with van der Waals surface area (Å²) in [4.78, 5) is 14.2. The van der Waals surface area contributed by atoms with Crippen LogP contribution in [0.5, 0.6) is 0 Å². The van der Waals surface area contributed by atoms with Gasteiger partial charge in [-0.2, -0.15) is 0 Å². The molecule has 1 aromatic heterocycles. The summed E-state index contributed by atoms with van der Waals surface area (Å²) in [7, 11) is 0. The number of nitrogens with zero attached hydrogens (tertiary/aromatic N) is 1. The number of hydrogen-bond acceptors (Lipinski definition) is 2. The van der Waals surface area contributed by atoms with Gasteiger partial charge in [0.25, 0.3) is 0 Å². The van der Waals surface area contributed by atoms with E-state index in [9.17, 15) is 4.79 Å². The second-order valence-electron chi connectivity index (χ2n) is 6.20. The van der Waals surface area contributed by atoms with Crippen LogP contribution in [0.15, 0.2) is 41.5 Å². The van der Waals surface area contributed by atoms with Crippen molar-refractivity contribution in [2.24, 2.45) is 11.8 Å². The molecule has 2 aromatic rings. The Hall–Kier alpha value is -1.97. The number of H-pyrrole nitrogens is 1. The third kappa shape index (κ3) is 3.38. The van der Waals surface area contributed by atoms with Gasteiger partial charge in [-0.1, -0.05) is 19.8 Å². The van der Waals surface area contributed by atoms with E-state index in [4.69, 9.17) is 0 Å². The number of imidazole rings is 1. The van der Waals surface area contributed by atoms with E-state index >= 15 is 0 Å². The Kier molecular flexibility index (Phi) is 4.13. The largest absolute Gasteiger partial charge is 0.385 e. The van der Waals surface area contributed by atoms with Crippen molar-refractivity contribution in [1.82, 2.24) is 9.55 Å². The molecule has 0 bridgehead atoms. The summed E-state index contributed by atoms with van der Waals surface area (Å²) >= 11 is 0. The fourth-order valence-corrected chi connectivity index (χ4v) is 3.27. The minimum atomic E-state index is -0.105. The van der Waals surface area contributed by atoms with Crippen LogP contribution in [0, 0.1) is 11.8 Å². The minimum absolute atomic E-state index is 0.105. The summed E-state index contributed by atoms with van der Waals surface area (Å²) in [5.41, 5.74) is 1.91. The van der Waals surface area contributed by atoms with E-state index in [0.717, 1.165) is 29.8 Å². The topological polar surface area (TPSA) is 49.8 Å². The van der Waals surface area contributed by atoms with Gasteiger partial charge in [0.05, 0.1) is 5.69 Å². The van der Waals surface area contributed by atoms with Gasteiger partial charge in [-0.25, -0.2) is 4.79 Å². The Labute approximate surface area is 125 Å². The van der Waals surface area contributed by atoms with Crippen molar-refractivity contribution < 1.29 is 0 Å². The molecular formula is C17H23N3O. The molecule has 4 heteroatoms. The molecule has 112 valence electrons. The standard InChI is InChI=1S/C17H23N3O/c1-13-3-2-4-14(11-13)12-19-15-5-7-16(8-6-15)20-10-9-18-17(20)21/h5-10,13-14,19H,2-4,11-12H2,1H3,(H,18,21). The summed E-state index contributed by atoms with van der Waals surface area (Å²) in [6, 6.07) is 8.03. The molecular weight excluding hydrogens is 262 g/mol. The second kappa shape index (κ2) is 6.20. The SMILES string of the molecule is CC1CCCC(CNc2ccc(-n3cc[nH]c3=O)cc2)C1. The molecule has 1 saturated carbocycles. The molecule has 2 unspecified atom stereocenters. The number of aromatic nitrogens is 2. The number of benzene rings is 1. The van der Waals surface area contributed by atoms with Crippen LogP contribution in [0.3, 0.4) is 0 Å². The molecule has 0 spiro atoms. The van der Waals surface area contributed by atoms with Crippen LogP contribution in [0.4, 0.5) is 5.69 Å². The summed E-state index contributed by atoms with van der Waals surface area (Å²) < 4.78 is 1.60. The predicted molar refractivity (Wildman–Crippen MR) is 86.0 cm³/mol. The van der Waals surface area contributed by atoms with Gasteiger partial charge in [-0.05, 0) is 48.9 Å². The lowest BCUT2D eigenvalue weighted by atomic mass is 9.82. The van der Waals surface area contributed by atoms with E-state index in [2.05, 4.69) is 17.2 Å². The van der Waals surface area contributed by atoms with Gasteiger partial charge in [0.15, 0.2) is 0 Å². The van der Waals surface area contributed by atoms with Crippen LogP contribution in [0.25, 0.3) is 5.69 Å². The highest BCUT2D eigenvalue weighted by atomic mass is 16.1. The first-order valence-corrected chi connectivity index (χ1v) is 7.83. The van der Waals surface area contributed by atoms with Crippen molar-refractivity contribution >= 4 is 5.69 Å². The molecule has 0 saturated heterocycles. The third-order valence-electron chi connectivity index (χ3n) is 4.43. The van der Waals surface area contributed by atoms with E-state index in [0.29, 0.717) is 0 Å². The van der Waals surface area contributed by atoms with Crippen molar-refractivity contribution in [3.8, 4) is 5.69 Å². The monoisotopic (exact) mass is 285 g/mol. The number of hydrogen-bond donors (Lipinski definition) is 2. The maximum atomic E-state index is 11.6. The van der Waals surface area contributed by atoms with Crippen LogP contribution < -0.4 is 11.0 Å². The van der Waals surface area contributed by atoms with E-state index in [1.807, 2.05) is 24.3 Å². The Morgan fingerprint density at radius 2 is 2.10 bits per heavy atom. The fourth-order valence-electron chi connectivity index (χ4n) is 3.27. The Morgan fingerprint density at radius 3 is 2.76 bits per heavy atom. The summed E-state index contributed by atoms with van der Waals surface area (Å²) in [6.07, 6.45) is 8.82. The lowest BCUT2D eigenvalue weighted by Gasteiger charge is -2.27. The zero-order valence-electron chi connectivity index (χ0n) is 12.5. The van der Waals surface area contributed by atoms with Crippen molar-refractivity contribution in [2.75, 3.05) is 11.9 Å². The molecule has 2 N–H and O–H groups in total. The molecule has 1 fully saturated rings. The predicted octanol–water partition coefficient (Wildman–Crippen LogP) is 3.40. The second-order valence-corrected chi connectivity index (χ2v) is 6.20. The lowest BCUT2D eigenvalue weighted by Crippen LogP contribution is -2.21. The molecule has 1 aliphatic rings. The fraction of sp³-hybridized carbons (Fsp3) is 0.471. The molecule has 4 nitrogen and oxygen atoms in total. The average molecular weight is 285 g/mol. The first-order valence-electron chi connectivity index (χ1n) is 7.83. The van der Waals surface area contributed by atoms with E-state index < -0.39 is 0 Å². The number of rotatable bonds is 4. The van der Waals surface area contributed by atoms with Gasteiger partial charge in [0.2, 0.25) is 0 Å². The highest BCUT2D eigenvalue weighted by Crippen LogP contribution is 2.28. The van der Waals surface area contributed by atoms with Gasteiger partial charge in [-0.15, -0.1) is 0 Å². The number of nitrogens with one attached hydrogen (secondary N) is 2. The van der Waals surface area contributed by atoms with Crippen LogP contribution in [-0.4, -0.2) is 16.1 Å². The van der Waals surface area contributed by atoms with Gasteiger partial charge < -0.3 is 10.3 Å². The van der Waals surface area contributed by atoms with E-state index in [-0.39, 0.29) is 5.69 Å². The molecule has 0 amide bonds. The van der Waals surface area contributed by atoms with Gasteiger partial charge in [0, 0.05) is 24.6 Å². The minimum Gasteiger partial charge on any atom is -0.385 e. The molecule has 21 heavy (non-hydrogen) atoms. The highest BCUT2D eigenvalue weighted by molar-refractivity contribution is 5.48. The highest BCUT2D eigenvalue weighted by Gasteiger charge is 2.18. The Balaban J connectivity index is 1.60. The molecule has 0 aliphatic heterocycles. The number of anilines is 1. The van der Waals surface area contributed by atoms with Crippen LogP contribution in [0.2, 0.25) is 0 Å². The molecule has 2 atom stereocenters.